The zero-order valence-electron chi connectivity index (χ0n) is 7.58. The molecule has 0 N–H and O–H groups in total. The van der Waals surface area contributed by atoms with Crippen LogP contribution in [0.25, 0.3) is 0 Å². The van der Waals surface area contributed by atoms with Gasteiger partial charge in [-0.05, 0) is 11.1 Å². The van der Waals surface area contributed by atoms with Gasteiger partial charge in [-0.1, -0.05) is 40.5 Å². The fourth-order valence-electron chi connectivity index (χ4n) is 0.816. The molecule has 0 aromatic carbocycles. The summed E-state index contributed by atoms with van der Waals surface area (Å²) in [6.07, 6.45) is 2.60. The second-order valence-corrected chi connectivity index (χ2v) is 8.80. The summed E-state index contributed by atoms with van der Waals surface area (Å²) in [4.78, 5) is 0. The summed E-state index contributed by atoms with van der Waals surface area (Å²) in [7, 11) is -0.936. The smallest absolute Gasteiger partial charge is 0.146 e. The van der Waals surface area contributed by atoms with E-state index in [4.69, 9.17) is 11.1 Å². The van der Waals surface area contributed by atoms with E-state index in [1.807, 2.05) is 0 Å². The second kappa shape index (κ2) is 4.40. The fraction of sp³-hybridized carbons (Fsp3) is 1.00. The largest absolute Gasteiger partial charge is 0.171 e. The zero-order valence-corrected chi connectivity index (χ0v) is 9.49. The number of rotatable bonds is 3. The summed E-state index contributed by atoms with van der Waals surface area (Å²) in [5, 5.41) is 0.413. The summed E-state index contributed by atoms with van der Waals surface area (Å²) in [5.74, 6) is 0. The lowest BCUT2D eigenvalue weighted by atomic mass is 10.2. The molecule has 2 heteroatoms. The van der Waals surface area contributed by atoms with Gasteiger partial charge in [-0.15, -0.1) is 0 Å². The van der Waals surface area contributed by atoms with E-state index in [2.05, 4.69) is 27.7 Å². The predicted molar refractivity (Wildman–Crippen MR) is 52.4 cm³/mol. The third-order valence-electron chi connectivity index (χ3n) is 1.75. The molecule has 0 aliphatic carbocycles. The van der Waals surface area contributed by atoms with Crippen LogP contribution in [-0.2, 0) is 0 Å². The molecule has 0 radical (unpaired) electrons. The van der Waals surface area contributed by atoms with Crippen molar-refractivity contribution in [2.75, 3.05) is 0 Å². The minimum absolute atomic E-state index is 0.413. The van der Waals surface area contributed by atoms with Crippen LogP contribution in [0.15, 0.2) is 0 Å². The Morgan fingerprint density at radius 2 is 1.80 bits per heavy atom. The van der Waals surface area contributed by atoms with Crippen molar-refractivity contribution in [3.05, 3.63) is 0 Å². The lowest BCUT2D eigenvalue weighted by Crippen LogP contribution is -2.18. The molecule has 1 atom stereocenters. The lowest BCUT2D eigenvalue weighted by molar-refractivity contribution is 0.732. The molecule has 0 saturated carbocycles. The van der Waals surface area contributed by atoms with E-state index in [1.165, 1.54) is 18.9 Å². The summed E-state index contributed by atoms with van der Waals surface area (Å²) in [6.45, 7) is 8.99. The molecule has 0 aromatic heterocycles. The molecular weight excluding hydrogens is 160 g/mol. The van der Waals surface area contributed by atoms with Gasteiger partial charge >= 0.3 is 0 Å². The Kier molecular flexibility index (Phi) is 4.62. The first kappa shape index (κ1) is 10.5. The van der Waals surface area contributed by atoms with Crippen molar-refractivity contribution < 1.29 is 0 Å². The number of hydrogen-bond acceptors (Lipinski definition) is 0. The Labute approximate surface area is 71.3 Å². The van der Waals surface area contributed by atoms with E-state index < -0.39 is 8.11 Å². The minimum atomic E-state index is -0.936. The van der Waals surface area contributed by atoms with E-state index >= 15 is 0 Å². The van der Waals surface area contributed by atoms with Crippen LogP contribution in [0.2, 0.25) is 11.1 Å². The maximum atomic E-state index is 6.27. The summed E-state index contributed by atoms with van der Waals surface area (Å²) in [6, 6.07) is 1.29. The average molecular weight is 179 g/mol. The maximum absolute atomic E-state index is 6.27. The Balaban J connectivity index is 3.52. The Bertz CT molecular complexity index is 85.7. The van der Waals surface area contributed by atoms with Gasteiger partial charge in [0, 0.05) is 0 Å². The molecular formula is C8H19ClSi. The van der Waals surface area contributed by atoms with Crippen molar-refractivity contribution in [1.82, 2.24) is 0 Å². The fourth-order valence-corrected chi connectivity index (χ4v) is 2.91. The van der Waals surface area contributed by atoms with Gasteiger partial charge in [0.15, 0.2) is 0 Å². The Morgan fingerprint density at radius 1 is 1.30 bits per heavy atom. The molecule has 0 rings (SSSR count). The van der Waals surface area contributed by atoms with Crippen molar-refractivity contribution in [3.8, 4) is 0 Å². The molecule has 0 aromatic rings. The van der Waals surface area contributed by atoms with Gasteiger partial charge in [-0.2, -0.15) is 11.1 Å². The summed E-state index contributed by atoms with van der Waals surface area (Å²) < 4.78 is 0. The van der Waals surface area contributed by atoms with Crippen molar-refractivity contribution in [2.45, 2.75) is 51.6 Å². The van der Waals surface area contributed by atoms with E-state index in [-0.39, 0.29) is 0 Å². The first-order valence-electron chi connectivity index (χ1n) is 4.12. The van der Waals surface area contributed by atoms with Gasteiger partial charge in [0.2, 0.25) is 0 Å². The molecule has 0 aliphatic heterocycles. The first-order chi connectivity index (χ1) is 4.48. The van der Waals surface area contributed by atoms with E-state index in [1.54, 1.807) is 0 Å². The van der Waals surface area contributed by atoms with Crippen LogP contribution >= 0.6 is 11.1 Å². The standard InChI is InChI=1S/C8H19ClSi/c1-5-6-7-10(9)8(2,3)4/h10H,5-7H2,1-4H3. The van der Waals surface area contributed by atoms with E-state index in [9.17, 15) is 0 Å². The predicted octanol–water partition coefficient (Wildman–Crippen LogP) is 3.55. The van der Waals surface area contributed by atoms with Crippen LogP contribution in [0.1, 0.15) is 40.5 Å². The highest BCUT2D eigenvalue weighted by Gasteiger charge is 2.23. The molecule has 62 valence electrons. The van der Waals surface area contributed by atoms with Gasteiger partial charge in [0.1, 0.15) is 8.11 Å². The minimum Gasteiger partial charge on any atom is -0.171 e. The van der Waals surface area contributed by atoms with Gasteiger partial charge in [-0.3, -0.25) is 0 Å². The van der Waals surface area contributed by atoms with Crippen LogP contribution in [0.4, 0.5) is 0 Å². The molecule has 0 saturated heterocycles. The number of hydrogen-bond donors (Lipinski definition) is 0. The van der Waals surface area contributed by atoms with Gasteiger partial charge in [-0.25, -0.2) is 0 Å². The second-order valence-electron chi connectivity index (χ2n) is 3.98. The molecule has 0 aliphatic rings. The van der Waals surface area contributed by atoms with Gasteiger partial charge in [0.25, 0.3) is 0 Å². The highest BCUT2D eigenvalue weighted by molar-refractivity contribution is 7.08. The Hall–Kier alpha value is 0.507. The zero-order chi connectivity index (χ0) is 8.20. The van der Waals surface area contributed by atoms with Crippen molar-refractivity contribution >= 4 is 19.2 Å². The van der Waals surface area contributed by atoms with Crippen LogP contribution in [0, 0.1) is 0 Å². The highest BCUT2D eigenvalue weighted by Crippen LogP contribution is 2.32. The van der Waals surface area contributed by atoms with Crippen molar-refractivity contribution in [2.24, 2.45) is 0 Å². The SMILES string of the molecule is CCCC[SiH](Cl)C(C)(C)C. The van der Waals surface area contributed by atoms with Crippen LogP contribution in [-0.4, -0.2) is 8.11 Å². The topological polar surface area (TPSA) is 0 Å². The molecule has 0 spiro atoms. The molecule has 0 heterocycles. The molecule has 0 fully saturated rings. The van der Waals surface area contributed by atoms with Gasteiger partial charge < -0.3 is 0 Å². The van der Waals surface area contributed by atoms with Crippen LogP contribution in [0.5, 0.6) is 0 Å². The number of halogens is 1. The first-order valence-corrected chi connectivity index (χ1v) is 7.26. The van der Waals surface area contributed by atoms with E-state index in [0.717, 1.165) is 0 Å². The molecule has 0 nitrogen and oxygen atoms in total. The molecule has 10 heavy (non-hydrogen) atoms. The van der Waals surface area contributed by atoms with Crippen molar-refractivity contribution in [1.29, 1.82) is 0 Å². The number of unbranched alkanes of at least 4 members (excludes halogenated alkanes) is 1. The van der Waals surface area contributed by atoms with Crippen LogP contribution < -0.4 is 0 Å². The highest BCUT2D eigenvalue weighted by atomic mass is 35.6. The summed E-state index contributed by atoms with van der Waals surface area (Å²) in [5.41, 5.74) is 0. The maximum Gasteiger partial charge on any atom is 0.146 e. The Morgan fingerprint density at radius 3 is 2.10 bits per heavy atom. The molecule has 0 bridgehead atoms. The third kappa shape index (κ3) is 4.34. The van der Waals surface area contributed by atoms with Gasteiger partial charge in [0.05, 0.1) is 0 Å². The lowest BCUT2D eigenvalue weighted by Gasteiger charge is -2.22. The van der Waals surface area contributed by atoms with Crippen LogP contribution in [0.3, 0.4) is 0 Å². The quantitative estimate of drug-likeness (QED) is 0.458. The monoisotopic (exact) mass is 178 g/mol. The normalized spacial score (nSPS) is 15.3. The van der Waals surface area contributed by atoms with Crippen molar-refractivity contribution in [3.63, 3.8) is 0 Å². The van der Waals surface area contributed by atoms with E-state index in [0.29, 0.717) is 5.04 Å². The third-order valence-corrected chi connectivity index (χ3v) is 7.16. The molecule has 0 amide bonds. The molecule has 1 unspecified atom stereocenters. The average Bonchev–Trinajstić information content (AvgIpc) is 1.80. The summed E-state index contributed by atoms with van der Waals surface area (Å²) >= 11 is 6.27.